The first-order valence-electron chi connectivity index (χ1n) is 5.85. The van der Waals surface area contributed by atoms with Crippen LogP contribution in [0.25, 0.3) is 11.0 Å². The maximum Gasteiger partial charge on any atom is 0.323 e. The molecule has 0 radical (unpaired) electrons. The van der Waals surface area contributed by atoms with Crippen LogP contribution in [0.1, 0.15) is 16.5 Å². The Balaban J connectivity index is 2.06. The Bertz CT molecular complexity index is 820. The van der Waals surface area contributed by atoms with Crippen molar-refractivity contribution >= 4 is 54.5 Å². The van der Waals surface area contributed by atoms with E-state index in [1.54, 1.807) is 0 Å². The van der Waals surface area contributed by atoms with Crippen molar-refractivity contribution in [3.05, 3.63) is 67.0 Å². The number of hydrogen-bond donors (Lipinski definition) is 2. The fraction of sp³-hybridized carbons (Fsp3) is 0.0714. The second-order valence-electron chi connectivity index (χ2n) is 4.45. The van der Waals surface area contributed by atoms with Crippen molar-refractivity contribution < 1.29 is 0 Å². The molecule has 0 bridgehead atoms. The highest BCUT2D eigenvalue weighted by atomic mass is 79.9. The van der Waals surface area contributed by atoms with Gasteiger partial charge in [-0.1, -0.05) is 37.9 Å². The Morgan fingerprint density at radius 3 is 2.25 bits per heavy atom. The molecular weight excluding hydrogens is 407 g/mol. The highest BCUT2D eigenvalue weighted by Gasteiger charge is 2.13. The van der Waals surface area contributed by atoms with Crippen LogP contribution in [0.2, 0.25) is 0 Å². The van der Waals surface area contributed by atoms with E-state index in [0.29, 0.717) is 0 Å². The first kappa shape index (κ1) is 13.9. The van der Waals surface area contributed by atoms with Crippen molar-refractivity contribution in [3.63, 3.8) is 0 Å². The van der Waals surface area contributed by atoms with Crippen molar-refractivity contribution in [1.82, 2.24) is 9.97 Å². The van der Waals surface area contributed by atoms with Crippen molar-refractivity contribution in [2.45, 2.75) is 5.38 Å². The molecule has 1 atom stereocenters. The van der Waals surface area contributed by atoms with Gasteiger partial charge in [-0.3, -0.25) is 0 Å². The molecule has 6 heteroatoms. The van der Waals surface area contributed by atoms with Gasteiger partial charge in [-0.05, 0) is 41.5 Å². The molecule has 102 valence electrons. The molecule has 3 nitrogen and oxygen atoms in total. The van der Waals surface area contributed by atoms with Gasteiger partial charge in [0.05, 0.1) is 16.4 Å². The van der Waals surface area contributed by atoms with Gasteiger partial charge in [-0.2, -0.15) is 0 Å². The first-order chi connectivity index (χ1) is 9.52. The lowest BCUT2D eigenvalue weighted by molar-refractivity contribution is 1.14. The Morgan fingerprint density at radius 2 is 1.55 bits per heavy atom. The van der Waals surface area contributed by atoms with Gasteiger partial charge in [-0.15, -0.1) is 11.6 Å². The predicted octanol–water partition coefficient (Wildman–Crippen LogP) is 4.71. The zero-order valence-corrected chi connectivity index (χ0v) is 14.0. The molecule has 3 aromatic rings. The molecule has 1 unspecified atom stereocenters. The summed E-state index contributed by atoms with van der Waals surface area (Å²) in [5.41, 5.74) is 3.23. The summed E-state index contributed by atoms with van der Waals surface area (Å²) in [7, 11) is 0. The van der Waals surface area contributed by atoms with Crippen LogP contribution in [0, 0.1) is 0 Å². The summed E-state index contributed by atoms with van der Waals surface area (Å²) in [6, 6.07) is 11.6. The fourth-order valence-electron chi connectivity index (χ4n) is 2.12. The topological polar surface area (TPSA) is 48.6 Å². The van der Waals surface area contributed by atoms with Gasteiger partial charge in [0.15, 0.2) is 0 Å². The Kier molecular flexibility index (Phi) is 3.75. The lowest BCUT2D eigenvalue weighted by Crippen LogP contribution is -1.99. The Hall–Kier alpha value is -1.04. The molecule has 0 aliphatic heterocycles. The number of rotatable bonds is 2. The molecule has 0 aliphatic rings. The normalized spacial score (nSPS) is 12.8. The lowest BCUT2D eigenvalue weighted by atomic mass is 10.0. The zero-order chi connectivity index (χ0) is 14.3. The molecule has 1 aromatic heterocycles. The zero-order valence-electron chi connectivity index (χ0n) is 10.1. The number of hydrogen-bond acceptors (Lipinski definition) is 1. The molecule has 2 N–H and O–H groups in total. The van der Waals surface area contributed by atoms with E-state index in [2.05, 4.69) is 41.8 Å². The fourth-order valence-corrected chi connectivity index (χ4v) is 3.71. The van der Waals surface area contributed by atoms with E-state index in [1.807, 2.05) is 36.4 Å². The molecule has 1 heterocycles. The third-order valence-corrected chi connectivity index (χ3v) is 4.43. The minimum Gasteiger partial charge on any atom is -0.306 e. The second-order valence-corrected chi connectivity index (χ2v) is 6.72. The standard InChI is InChI=1S/C14H9Br2ClN2O/c15-9-3-8(4-10(16)6-9)13(17)7-1-2-11-12(5-7)19-14(20)18-11/h1-6,13H,(H2,18,19,20). The molecule has 20 heavy (non-hydrogen) atoms. The van der Waals surface area contributed by atoms with E-state index in [0.717, 1.165) is 31.1 Å². The maximum atomic E-state index is 11.3. The van der Waals surface area contributed by atoms with Crippen molar-refractivity contribution in [2.75, 3.05) is 0 Å². The van der Waals surface area contributed by atoms with Crippen LogP contribution in [-0.4, -0.2) is 9.97 Å². The Labute approximate surface area is 136 Å². The minimum absolute atomic E-state index is 0.214. The molecule has 0 saturated carbocycles. The third-order valence-electron chi connectivity index (χ3n) is 3.01. The second kappa shape index (κ2) is 5.39. The average molecular weight is 416 g/mol. The van der Waals surface area contributed by atoms with Gasteiger partial charge in [0.2, 0.25) is 0 Å². The van der Waals surface area contributed by atoms with Crippen LogP contribution >= 0.6 is 43.5 Å². The van der Waals surface area contributed by atoms with Crippen LogP contribution in [-0.2, 0) is 0 Å². The van der Waals surface area contributed by atoms with E-state index in [-0.39, 0.29) is 11.1 Å². The van der Waals surface area contributed by atoms with Crippen molar-refractivity contribution in [1.29, 1.82) is 0 Å². The van der Waals surface area contributed by atoms with E-state index >= 15 is 0 Å². The molecule has 3 rings (SSSR count). The smallest absolute Gasteiger partial charge is 0.306 e. The van der Waals surface area contributed by atoms with Gasteiger partial charge >= 0.3 is 5.69 Å². The number of H-pyrrole nitrogens is 2. The van der Waals surface area contributed by atoms with E-state index in [9.17, 15) is 4.79 Å². The number of benzene rings is 2. The minimum atomic E-state index is -0.286. The van der Waals surface area contributed by atoms with Crippen LogP contribution in [0.5, 0.6) is 0 Å². The highest BCUT2D eigenvalue weighted by Crippen LogP contribution is 2.33. The molecule has 0 amide bonds. The third kappa shape index (κ3) is 2.71. The van der Waals surface area contributed by atoms with Gasteiger partial charge in [0.25, 0.3) is 0 Å². The molecule has 2 aromatic carbocycles. The summed E-state index contributed by atoms with van der Waals surface area (Å²) in [5.74, 6) is 0. The molecular formula is C14H9Br2ClN2O. The largest absolute Gasteiger partial charge is 0.323 e. The van der Waals surface area contributed by atoms with Crippen LogP contribution in [0.4, 0.5) is 0 Å². The average Bonchev–Trinajstić information content (AvgIpc) is 2.75. The van der Waals surface area contributed by atoms with Crippen molar-refractivity contribution in [2.24, 2.45) is 0 Å². The monoisotopic (exact) mass is 414 g/mol. The SMILES string of the molecule is O=c1[nH]c2ccc(C(Cl)c3cc(Br)cc(Br)c3)cc2[nH]1. The summed E-state index contributed by atoms with van der Waals surface area (Å²) >= 11 is 13.5. The van der Waals surface area contributed by atoms with Crippen LogP contribution < -0.4 is 5.69 Å². The number of halogens is 3. The van der Waals surface area contributed by atoms with Gasteiger partial charge in [0.1, 0.15) is 0 Å². The van der Waals surface area contributed by atoms with Gasteiger partial charge in [0, 0.05) is 8.95 Å². The number of nitrogens with one attached hydrogen (secondary N) is 2. The quantitative estimate of drug-likeness (QED) is 0.584. The highest BCUT2D eigenvalue weighted by molar-refractivity contribution is 9.11. The number of aromatic amines is 2. The Morgan fingerprint density at radius 1 is 0.900 bits per heavy atom. The van der Waals surface area contributed by atoms with Gasteiger partial charge in [-0.25, -0.2) is 4.79 Å². The molecule has 0 spiro atoms. The van der Waals surface area contributed by atoms with Gasteiger partial charge < -0.3 is 9.97 Å². The van der Waals surface area contributed by atoms with Crippen molar-refractivity contribution in [3.8, 4) is 0 Å². The number of alkyl halides is 1. The van der Waals surface area contributed by atoms with E-state index in [4.69, 9.17) is 11.6 Å². The maximum absolute atomic E-state index is 11.3. The van der Waals surface area contributed by atoms with E-state index in [1.165, 1.54) is 0 Å². The number of fused-ring (bicyclic) bond motifs is 1. The van der Waals surface area contributed by atoms with E-state index < -0.39 is 0 Å². The van der Waals surface area contributed by atoms with Crippen LogP contribution in [0.15, 0.2) is 50.1 Å². The summed E-state index contributed by atoms with van der Waals surface area (Å²) in [5, 5.41) is -0.286. The number of aromatic nitrogens is 2. The first-order valence-corrected chi connectivity index (χ1v) is 7.87. The molecule has 0 saturated heterocycles. The summed E-state index contributed by atoms with van der Waals surface area (Å²) in [6.07, 6.45) is 0. The summed E-state index contributed by atoms with van der Waals surface area (Å²) in [4.78, 5) is 16.7. The summed E-state index contributed by atoms with van der Waals surface area (Å²) < 4.78 is 1.92. The molecule has 0 aliphatic carbocycles. The molecule has 0 fully saturated rings. The summed E-state index contributed by atoms with van der Waals surface area (Å²) in [6.45, 7) is 0. The lowest BCUT2D eigenvalue weighted by Gasteiger charge is -2.11. The van der Waals surface area contributed by atoms with Crippen LogP contribution in [0.3, 0.4) is 0 Å². The number of imidazole rings is 1. The predicted molar refractivity (Wildman–Crippen MR) is 88.5 cm³/mol.